The van der Waals surface area contributed by atoms with E-state index in [9.17, 15) is 13.2 Å². The monoisotopic (exact) mass is 307 g/mol. The summed E-state index contributed by atoms with van der Waals surface area (Å²) in [6.07, 6.45) is 0. The predicted molar refractivity (Wildman–Crippen MR) is 78.3 cm³/mol. The van der Waals surface area contributed by atoms with Gasteiger partial charge in [-0.1, -0.05) is 17.9 Å². The van der Waals surface area contributed by atoms with E-state index >= 15 is 0 Å². The van der Waals surface area contributed by atoms with Gasteiger partial charge in [-0.2, -0.15) is 0 Å². The highest BCUT2D eigenvalue weighted by atomic mass is 32.2. The van der Waals surface area contributed by atoms with Crippen LogP contribution in [0.1, 0.15) is 11.1 Å². The summed E-state index contributed by atoms with van der Waals surface area (Å²) in [5.41, 5.74) is 6.67. The average molecular weight is 307 g/mol. The second-order valence-electron chi connectivity index (χ2n) is 4.17. The first-order valence-corrected chi connectivity index (χ1v) is 7.14. The molecule has 0 atom stereocenters. The lowest BCUT2D eigenvalue weighted by molar-refractivity contribution is 0.506. The van der Waals surface area contributed by atoms with Crippen LogP contribution in [0.4, 0.5) is 13.2 Å². The molecule has 0 unspecified atom stereocenters. The SMILES string of the molecule is NCC#Cc1cc(F)ccc1CSc1ccc(F)c(F)c1. The van der Waals surface area contributed by atoms with Crippen molar-refractivity contribution in [1.82, 2.24) is 0 Å². The van der Waals surface area contributed by atoms with Crippen LogP contribution in [0.3, 0.4) is 0 Å². The molecular weight excluding hydrogens is 295 g/mol. The van der Waals surface area contributed by atoms with Gasteiger partial charge in [0.15, 0.2) is 11.6 Å². The second-order valence-corrected chi connectivity index (χ2v) is 5.22. The maximum atomic E-state index is 13.2. The van der Waals surface area contributed by atoms with Gasteiger partial charge in [-0.15, -0.1) is 11.8 Å². The fourth-order valence-corrected chi connectivity index (χ4v) is 2.59. The van der Waals surface area contributed by atoms with E-state index in [1.54, 1.807) is 6.07 Å². The van der Waals surface area contributed by atoms with Crippen molar-refractivity contribution in [3.8, 4) is 11.8 Å². The Morgan fingerprint density at radius 2 is 1.81 bits per heavy atom. The highest BCUT2D eigenvalue weighted by molar-refractivity contribution is 7.98. The molecule has 1 nitrogen and oxygen atoms in total. The van der Waals surface area contributed by atoms with Gasteiger partial charge >= 0.3 is 0 Å². The van der Waals surface area contributed by atoms with Gasteiger partial charge in [0.05, 0.1) is 6.54 Å². The zero-order chi connectivity index (χ0) is 15.2. The summed E-state index contributed by atoms with van der Waals surface area (Å²) < 4.78 is 39.2. The van der Waals surface area contributed by atoms with Crippen molar-refractivity contribution >= 4 is 11.8 Å². The zero-order valence-corrected chi connectivity index (χ0v) is 11.8. The molecule has 2 aromatic carbocycles. The van der Waals surface area contributed by atoms with E-state index in [2.05, 4.69) is 11.8 Å². The Morgan fingerprint density at radius 1 is 1.00 bits per heavy atom. The molecule has 0 saturated heterocycles. The summed E-state index contributed by atoms with van der Waals surface area (Å²) in [5, 5.41) is 0. The molecule has 0 aliphatic heterocycles. The van der Waals surface area contributed by atoms with E-state index in [0.29, 0.717) is 16.2 Å². The molecule has 0 heterocycles. The Bertz CT molecular complexity index is 704. The van der Waals surface area contributed by atoms with Gasteiger partial charge in [-0.05, 0) is 35.9 Å². The average Bonchev–Trinajstić information content (AvgIpc) is 2.47. The molecule has 0 fully saturated rings. The van der Waals surface area contributed by atoms with Crippen molar-refractivity contribution in [2.45, 2.75) is 10.6 Å². The quantitative estimate of drug-likeness (QED) is 0.691. The lowest BCUT2D eigenvalue weighted by atomic mass is 10.1. The van der Waals surface area contributed by atoms with E-state index < -0.39 is 11.6 Å². The molecule has 0 aliphatic carbocycles. The highest BCUT2D eigenvalue weighted by Gasteiger charge is 2.06. The van der Waals surface area contributed by atoms with Crippen LogP contribution < -0.4 is 5.73 Å². The number of thioether (sulfide) groups is 1. The van der Waals surface area contributed by atoms with Gasteiger partial charge in [0, 0.05) is 16.2 Å². The van der Waals surface area contributed by atoms with E-state index in [0.717, 1.165) is 17.7 Å². The van der Waals surface area contributed by atoms with Crippen LogP contribution >= 0.6 is 11.8 Å². The van der Waals surface area contributed by atoms with Crippen LogP contribution in [0, 0.1) is 29.3 Å². The molecule has 2 rings (SSSR count). The maximum absolute atomic E-state index is 13.2. The normalized spacial score (nSPS) is 10.1. The lowest BCUT2D eigenvalue weighted by Crippen LogP contribution is -1.95. The van der Waals surface area contributed by atoms with Gasteiger partial charge < -0.3 is 5.73 Å². The molecule has 108 valence electrons. The van der Waals surface area contributed by atoms with E-state index in [-0.39, 0.29) is 12.4 Å². The number of halogens is 3. The van der Waals surface area contributed by atoms with Crippen LogP contribution in [0.15, 0.2) is 41.3 Å². The minimum atomic E-state index is -0.887. The van der Waals surface area contributed by atoms with Gasteiger partial charge in [-0.3, -0.25) is 0 Å². The number of nitrogens with two attached hydrogens (primary N) is 1. The van der Waals surface area contributed by atoms with Crippen LogP contribution in [0.2, 0.25) is 0 Å². The van der Waals surface area contributed by atoms with Crippen LogP contribution in [0.5, 0.6) is 0 Å². The summed E-state index contributed by atoms with van der Waals surface area (Å²) in [6.45, 7) is 0.187. The van der Waals surface area contributed by atoms with Crippen molar-refractivity contribution < 1.29 is 13.2 Å². The minimum absolute atomic E-state index is 0.187. The topological polar surface area (TPSA) is 26.0 Å². The molecule has 0 aromatic heterocycles. The van der Waals surface area contributed by atoms with E-state index in [1.165, 1.54) is 30.0 Å². The van der Waals surface area contributed by atoms with Gasteiger partial charge in [0.2, 0.25) is 0 Å². The van der Waals surface area contributed by atoms with Crippen molar-refractivity contribution in [3.63, 3.8) is 0 Å². The van der Waals surface area contributed by atoms with E-state index in [4.69, 9.17) is 5.73 Å². The van der Waals surface area contributed by atoms with Crippen molar-refractivity contribution in [2.75, 3.05) is 6.54 Å². The largest absolute Gasteiger partial charge is 0.320 e. The molecule has 0 radical (unpaired) electrons. The van der Waals surface area contributed by atoms with Crippen LogP contribution in [0.25, 0.3) is 0 Å². The fourth-order valence-electron chi connectivity index (χ4n) is 1.66. The number of hydrogen-bond acceptors (Lipinski definition) is 2. The molecule has 0 spiro atoms. The Labute approximate surface area is 125 Å². The Balaban J connectivity index is 2.17. The summed E-state index contributed by atoms with van der Waals surface area (Å²) in [6, 6.07) is 8.02. The van der Waals surface area contributed by atoms with Crippen molar-refractivity contribution in [1.29, 1.82) is 0 Å². The zero-order valence-electron chi connectivity index (χ0n) is 11.0. The molecule has 0 bridgehead atoms. The minimum Gasteiger partial charge on any atom is -0.320 e. The molecule has 0 aliphatic rings. The predicted octanol–water partition coefficient (Wildman–Crippen LogP) is 3.71. The summed E-state index contributed by atoms with van der Waals surface area (Å²) in [5.74, 6) is 3.82. The molecule has 0 amide bonds. The second kappa shape index (κ2) is 7.21. The Kier molecular flexibility index (Phi) is 5.32. The van der Waals surface area contributed by atoms with Gasteiger partial charge in [-0.25, -0.2) is 13.2 Å². The Hall–Kier alpha value is -1.90. The van der Waals surface area contributed by atoms with Gasteiger partial charge in [0.1, 0.15) is 5.82 Å². The van der Waals surface area contributed by atoms with E-state index in [1.807, 2.05) is 0 Å². The third kappa shape index (κ3) is 4.28. The first-order chi connectivity index (χ1) is 10.1. The summed E-state index contributed by atoms with van der Waals surface area (Å²) in [7, 11) is 0. The molecular formula is C16H12F3NS. The summed E-state index contributed by atoms with van der Waals surface area (Å²) in [4.78, 5) is 0.593. The smallest absolute Gasteiger partial charge is 0.159 e. The van der Waals surface area contributed by atoms with Crippen molar-refractivity contribution in [3.05, 3.63) is 65.0 Å². The maximum Gasteiger partial charge on any atom is 0.159 e. The third-order valence-electron chi connectivity index (χ3n) is 2.68. The molecule has 2 aromatic rings. The number of benzene rings is 2. The molecule has 21 heavy (non-hydrogen) atoms. The third-order valence-corrected chi connectivity index (χ3v) is 3.73. The first kappa shape index (κ1) is 15.5. The molecule has 5 heteroatoms. The number of rotatable bonds is 3. The van der Waals surface area contributed by atoms with Crippen molar-refractivity contribution in [2.24, 2.45) is 5.73 Å². The first-order valence-electron chi connectivity index (χ1n) is 6.15. The van der Waals surface area contributed by atoms with Crippen LogP contribution in [-0.2, 0) is 5.75 Å². The standard InChI is InChI=1S/C16H12F3NS/c17-13-4-3-12(11(8-13)2-1-7-20)10-21-14-5-6-15(18)16(19)9-14/h3-6,8-9H,7,10,20H2. The van der Waals surface area contributed by atoms with Gasteiger partial charge in [0.25, 0.3) is 0 Å². The summed E-state index contributed by atoms with van der Waals surface area (Å²) >= 11 is 1.32. The Morgan fingerprint density at radius 3 is 2.52 bits per heavy atom. The van der Waals surface area contributed by atoms with Crippen LogP contribution in [-0.4, -0.2) is 6.54 Å². The number of hydrogen-bond donors (Lipinski definition) is 1. The lowest BCUT2D eigenvalue weighted by Gasteiger charge is -2.06. The fraction of sp³-hybridized carbons (Fsp3) is 0.125. The molecule has 2 N–H and O–H groups in total. The molecule has 0 saturated carbocycles. The highest BCUT2D eigenvalue weighted by Crippen LogP contribution is 2.26.